The zero-order chi connectivity index (χ0) is 13.8. The van der Waals surface area contributed by atoms with E-state index in [9.17, 15) is 4.79 Å². The molecule has 1 saturated carbocycles. The van der Waals surface area contributed by atoms with Crippen molar-refractivity contribution in [1.29, 1.82) is 0 Å². The van der Waals surface area contributed by atoms with Gasteiger partial charge in [-0.2, -0.15) is 0 Å². The second-order valence-electron chi connectivity index (χ2n) is 6.67. The molecule has 0 aromatic carbocycles. The molecule has 3 heteroatoms. The van der Waals surface area contributed by atoms with Crippen molar-refractivity contribution in [3.05, 3.63) is 0 Å². The summed E-state index contributed by atoms with van der Waals surface area (Å²) in [6.07, 6.45) is 5.58. The second-order valence-corrected chi connectivity index (χ2v) is 7.96. The molecule has 2 nitrogen and oxygen atoms in total. The van der Waals surface area contributed by atoms with Gasteiger partial charge in [-0.15, -0.1) is 0 Å². The molecule has 0 heterocycles. The van der Waals surface area contributed by atoms with Crippen LogP contribution in [0, 0.1) is 17.3 Å². The molecule has 1 unspecified atom stereocenters. The van der Waals surface area contributed by atoms with Gasteiger partial charge < -0.3 is 5.32 Å². The maximum Gasteiger partial charge on any atom is 0.223 e. The van der Waals surface area contributed by atoms with E-state index >= 15 is 0 Å². The number of hydrogen-bond acceptors (Lipinski definition) is 1. The van der Waals surface area contributed by atoms with Crippen molar-refractivity contribution < 1.29 is 4.79 Å². The minimum atomic E-state index is 0.250. The molecule has 106 valence electrons. The van der Waals surface area contributed by atoms with Gasteiger partial charge in [-0.05, 0) is 43.4 Å². The minimum absolute atomic E-state index is 0.250. The third kappa shape index (κ3) is 4.91. The summed E-state index contributed by atoms with van der Waals surface area (Å²) >= 11 is 3.55. The van der Waals surface area contributed by atoms with Gasteiger partial charge in [0.1, 0.15) is 0 Å². The van der Waals surface area contributed by atoms with E-state index in [0.717, 1.165) is 31.7 Å². The average molecular weight is 318 g/mol. The summed E-state index contributed by atoms with van der Waals surface area (Å²) in [5, 5.41) is 3.07. The second kappa shape index (κ2) is 6.93. The first kappa shape index (κ1) is 16.0. The lowest BCUT2D eigenvalue weighted by atomic mass is 9.69. The molecule has 1 aliphatic rings. The van der Waals surface area contributed by atoms with Crippen LogP contribution in [0.5, 0.6) is 0 Å². The Morgan fingerprint density at radius 1 is 1.28 bits per heavy atom. The van der Waals surface area contributed by atoms with E-state index < -0.39 is 0 Å². The number of halogens is 1. The van der Waals surface area contributed by atoms with E-state index in [-0.39, 0.29) is 11.8 Å². The van der Waals surface area contributed by atoms with Crippen molar-refractivity contribution in [3.63, 3.8) is 0 Å². The number of amides is 1. The lowest BCUT2D eigenvalue weighted by molar-refractivity contribution is -0.126. The molecule has 1 atom stereocenters. The summed E-state index contributed by atoms with van der Waals surface area (Å²) in [5.41, 5.74) is 0.393. The van der Waals surface area contributed by atoms with E-state index in [1.807, 2.05) is 0 Å². The molecule has 0 aromatic heterocycles. The molecular weight excluding hydrogens is 290 g/mol. The van der Waals surface area contributed by atoms with Crippen molar-refractivity contribution in [2.45, 2.75) is 64.6 Å². The van der Waals surface area contributed by atoms with E-state index in [2.05, 4.69) is 48.9 Å². The van der Waals surface area contributed by atoms with E-state index in [4.69, 9.17) is 0 Å². The SMILES string of the molecule is CCC(Br)CNC(=O)C1CCC(C(C)(C)C)CC1. The van der Waals surface area contributed by atoms with Gasteiger partial charge in [0.15, 0.2) is 0 Å². The van der Waals surface area contributed by atoms with Crippen LogP contribution in [0.2, 0.25) is 0 Å². The summed E-state index contributed by atoms with van der Waals surface area (Å²) in [7, 11) is 0. The van der Waals surface area contributed by atoms with E-state index in [1.54, 1.807) is 0 Å². The molecule has 0 aromatic rings. The first-order valence-corrected chi connectivity index (χ1v) is 8.18. The fraction of sp³-hybridized carbons (Fsp3) is 0.933. The molecule has 1 aliphatic carbocycles. The van der Waals surface area contributed by atoms with Crippen LogP contribution in [-0.2, 0) is 4.79 Å². The normalized spacial score (nSPS) is 26.7. The number of carbonyl (C=O) groups excluding carboxylic acids is 1. The Morgan fingerprint density at radius 2 is 1.83 bits per heavy atom. The summed E-state index contributed by atoms with van der Waals surface area (Å²) in [5.74, 6) is 1.29. The molecule has 1 fully saturated rings. The third-order valence-corrected chi connectivity index (χ3v) is 5.23. The van der Waals surface area contributed by atoms with Gasteiger partial charge in [0, 0.05) is 17.3 Å². The number of nitrogens with one attached hydrogen (secondary N) is 1. The quantitative estimate of drug-likeness (QED) is 0.776. The van der Waals surface area contributed by atoms with Gasteiger partial charge in [0.05, 0.1) is 0 Å². The topological polar surface area (TPSA) is 29.1 Å². The average Bonchev–Trinajstić information content (AvgIpc) is 2.34. The van der Waals surface area contributed by atoms with Crippen molar-refractivity contribution in [2.24, 2.45) is 17.3 Å². The molecule has 0 aliphatic heterocycles. The van der Waals surface area contributed by atoms with Gasteiger partial charge >= 0.3 is 0 Å². The first-order valence-electron chi connectivity index (χ1n) is 7.26. The van der Waals surface area contributed by atoms with Crippen molar-refractivity contribution in [3.8, 4) is 0 Å². The third-order valence-electron chi connectivity index (χ3n) is 4.26. The fourth-order valence-corrected chi connectivity index (χ4v) is 2.88. The Kier molecular flexibility index (Phi) is 6.16. The van der Waals surface area contributed by atoms with Crippen LogP contribution in [0.4, 0.5) is 0 Å². The summed E-state index contributed by atoms with van der Waals surface area (Å²) in [4.78, 5) is 12.5. The van der Waals surface area contributed by atoms with Gasteiger partial charge in [-0.1, -0.05) is 43.6 Å². The van der Waals surface area contributed by atoms with Crippen LogP contribution in [0.15, 0.2) is 0 Å². The summed E-state index contributed by atoms with van der Waals surface area (Å²) in [6.45, 7) is 9.83. The Balaban J connectivity index is 2.32. The molecule has 0 spiro atoms. The van der Waals surface area contributed by atoms with Crippen LogP contribution in [0.3, 0.4) is 0 Å². The van der Waals surface area contributed by atoms with Crippen molar-refractivity contribution in [2.75, 3.05) is 6.54 Å². The highest BCUT2D eigenvalue weighted by molar-refractivity contribution is 9.09. The van der Waals surface area contributed by atoms with Gasteiger partial charge in [0.2, 0.25) is 5.91 Å². The van der Waals surface area contributed by atoms with Crippen molar-refractivity contribution >= 4 is 21.8 Å². The zero-order valence-electron chi connectivity index (χ0n) is 12.3. The molecule has 1 amide bonds. The molecular formula is C15H28BrNO. The predicted molar refractivity (Wildman–Crippen MR) is 80.9 cm³/mol. The lowest BCUT2D eigenvalue weighted by Crippen LogP contribution is -2.37. The van der Waals surface area contributed by atoms with Crippen LogP contribution < -0.4 is 5.32 Å². The Hall–Kier alpha value is -0.0500. The number of hydrogen-bond donors (Lipinski definition) is 1. The zero-order valence-corrected chi connectivity index (χ0v) is 13.8. The maximum absolute atomic E-state index is 12.0. The monoisotopic (exact) mass is 317 g/mol. The largest absolute Gasteiger partial charge is 0.355 e. The first-order chi connectivity index (χ1) is 8.34. The highest BCUT2D eigenvalue weighted by Gasteiger charge is 2.32. The van der Waals surface area contributed by atoms with E-state index in [0.29, 0.717) is 10.2 Å². The number of rotatable bonds is 4. The van der Waals surface area contributed by atoms with Crippen LogP contribution in [-0.4, -0.2) is 17.3 Å². The molecule has 1 N–H and O–H groups in total. The molecule has 18 heavy (non-hydrogen) atoms. The number of alkyl halides is 1. The fourth-order valence-electron chi connectivity index (χ4n) is 2.72. The summed E-state index contributed by atoms with van der Waals surface area (Å²) in [6, 6.07) is 0. The highest BCUT2D eigenvalue weighted by atomic mass is 79.9. The van der Waals surface area contributed by atoms with E-state index in [1.165, 1.54) is 12.8 Å². The Bertz CT molecular complexity index is 264. The van der Waals surface area contributed by atoms with Gasteiger partial charge in [-0.25, -0.2) is 0 Å². The van der Waals surface area contributed by atoms with Crippen LogP contribution >= 0.6 is 15.9 Å². The van der Waals surface area contributed by atoms with Crippen LogP contribution in [0.1, 0.15) is 59.8 Å². The molecule has 1 rings (SSSR count). The summed E-state index contributed by atoms with van der Waals surface area (Å²) < 4.78 is 0. The minimum Gasteiger partial charge on any atom is -0.355 e. The smallest absolute Gasteiger partial charge is 0.223 e. The van der Waals surface area contributed by atoms with Crippen LogP contribution in [0.25, 0.3) is 0 Å². The molecule has 0 radical (unpaired) electrons. The standard InChI is InChI=1S/C15H28BrNO/c1-5-13(16)10-17-14(18)11-6-8-12(9-7-11)15(2,3)4/h11-13H,5-10H2,1-4H3,(H,17,18). The van der Waals surface area contributed by atoms with Crippen molar-refractivity contribution in [1.82, 2.24) is 5.32 Å². The predicted octanol–water partition coefficient (Wildman–Crippen LogP) is 4.13. The highest BCUT2D eigenvalue weighted by Crippen LogP contribution is 2.39. The lowest BCUT2D eigenvalue weighted by Gasteiger charge is -2.36. The Labute approximate surface area is 120 Å². The molecule has 0 saturated heterocycles. The molecule has 0 bridgehead atoms. The number of carbonyl (C=O) groups is 1. The van der Waals surface area contributed by atoms with Gasteiger partial charge in [-0.3, -0.25) is 4.79 Å². The maximum atomic E-state index is 12.0. The Morgan fingerprint density at radius 3 is 2.28 bits per heavy atom. The van der Waals surface area contributed by atoms with Gasteiger partial charge in [0.25, 0.3) is 0 Å².